The summed E-state index contributed by atoms with van der Waals surface area (Å²) in [6.07, 6.45) is 5.17. The summed E-state index contributed by atoms with van der Waals surface area (Å²) in [7, 11) is 0. The number of anilines is 1. The summed E-state index contributed by atoms with van der Waals surface area (Å²) in [6.45, 7) is 5.16. The number of aryl methyl sites for hydroxylation is 2. The predicted octanol–water partition coefficient (Wildman–Crippen LogP) is 3.52. The van der Waals surface area contributed by atoms with Crippen LogP contribution in [0.1, 0.15) is 10.4 Å². The Morgan fingerprint density at radius 3 is 2.87 bits per heavy atom. The van der Waals surface area contributed by atoms with Crippen LogP contribution in [0.2, 0.25) is 0 Å². The van der Waals surface area contributed by atoms with Gasteiger partial charge in [0.15, 0.2) is 11.5 Å². The maximum Gasteiger partial charge on any atom is 0.327 e. The molecule has 0 saturated carbocycles. The van der Waals surface area contributed by atoms with Crippen molar-refractivity contribution in [2.24, 2.45) is 0 Å². The first-order valence-electron chi connectivity index (χ1n) is 9.57. The third-order valence-electron chi connectivity index (χ3n) is 5.11. The lowest BCUT2D eigenvalue weighted by molar-refractivity contribution is 0.713. The number of imidazole rings is 1. The fraction of sp³-hybridized carbons (Fsp3) is 0.190. The molecule has 2 N–H and O–H groups in total. The van der Waals surface area contributed by atoms with Gasteiger partial charge in [0, 0.05) is 42.1 Å². The number of pyridine rings is 2. The second-order valence-corrected chi connectivity index (χ2v) is 8.19. The summed E-state index contributed by atoms with van der Waals surface area (Å²) >= 11 is 1.66. The molecular formula is C21H19N7OS. The highest BCUT2D eigenvalue weighted by Crippen LogP contribution is 2.34. The molecule has 5 heterocycles. The highest BCUT2D eigenvalue weighted by Gasteiger charge is 2.16. The first-order valence-corrected chi connectivity index (χ1v) is 10.4. The molecule has 0 aliphatic heterocycles. The molecule has 0 bridgehead atoms. The molecule has 150 valence electrons. The molecule has 0 unspecified atom stereocenters. The van der Waals surface area contributed by atoms with Crippen LogP contribution >= 0.6 is 11.3 Å². The number of nitrogens with one attached hydrogen (secondary N) is 2. The summed E-state index contributed by atoms with van der Waals surface area (Å²) in [5, 5.41) is 4.44. The molecule has 5 rings (SSSR count). The Morgan fingerprint density at radius 2 is 2.03 bits per heavy atom. The van der Waals surface area contributed by atoms with Gasteiger partial charge in [0.1, 0.15) is 10.6 Å². The van der Waals surface area contributed by atoms with Crippen LogP contribution in [-0.4, -0.2) is 36.0 Å². The number of aromatic amines is 1. The van der Waals surface area contributed by atoms with Crippen LogP contribution in [0.3, 0.4) is 0 Å². The van der Waals surface area contributed by atoms with Gasteiger partial charge in [0.2, 0.25) is 0 Å². The lowest BCUT2D eigenvalue weighted by Crippen LogP contribution is -2.22. The number of thiophene rings is 1. The Labute approximate surface area is 175 Å². The molecule has 9 heteroatoms. The topological polar surface area (TPSA) is 101 Å². The van der Waals surface area contributed by atoms with Crippen molar-refractivity contribution in [3.05, 3.63) is 63.8 Å². The highest BCUT2D eigenvalue weighted by molar-refractivity contribution is 7.18. The van der Waals surface area contributed by atoms with E-state index in [2.05, 4.69) is 34.1 Å². The molecule has 0 aliphatic carbocycles. The van der Waals surface area contributed by atoms with Gasteiger partial charge < -0.3 is 10.3 Å². The van der Waals surface area contributed by atoms with Crippen LogP contribution in [0.5, 0.6) is 0 Å². The standard InChI is InChI=1S/C21H19N7OS/c1-12-13(2)30-20-16(12)18(26-17(27-20)14-5-3-7-22-11-14)23-9-10-28-19-15(25-21(28)29)6-4-8-24-19/h3-8,11H,9-10H2,1-2H3,(H,25,29)(H,23,26,27). The minimum absolute atomic E-state index is 0.169. The summed E-state index contributed by atoms with van der Waals surface area (Å²) in [6, 6.07) is 7.47. The zero-order chi connectivity index (χ0) is 20.7. The molecular weight excluding hydrogens is 398 g/mol. The van der Waals surface area contributed by atoms with E-state index in [0.29, 0.717) is 24.6 Å². The Morgan fingerprint density at radius 1 is 1.17 bits per heavy atom. The van der Waals surface area contributed by atoms with Gasteiger partial charge in [-0.15, -0.1) is 11.3 Å². The average Bonchev–Trinajstić information content (AvgIpc) is 3.24. The van der Waals surface area contributed by atoms with Crippen molar-refractivity contribution in [1.82, 2.24) is 29.5 Å². The molecule has 0 aliphatic rings. The van der Waals surface area contributed by atoms with Crippen molar-refractivity contribution in [1.29, 1.82) is 0 Å². The number of H-pyrrole nitrogens is 1. The largest absolute Gasteiger partial charge is 0.368 e. The smallest absolute Gasteiger partial charge is 0.327 e. The Balaban J connectivity index is 1.50. The van der Waals surface area contributed by atoms with Crippen LogP contribution in [0.4, 0.5) is 5.82 Å². The van der Waals surface area contributed by atoms with E-state index in [1.54, 1.807) is 40.6 Å². The summed E-state index contributed by atoms with van der Waals surface area (Å²) in [4.78, 5) is 35.3. The molecule has 5 aromatic heterocycles. The molecule has 30 heavy (non-hydrogen) atoms. The number of fused-ring (bicyclic) bond motifs is 2. The Bertz CT molecular complexity index is 1420. The number of hydrogen-bond donors (Lipinski definition) is 2. The summed E-state index contributed by atoms with van der Waals surface area (Å²) in [5.74, 6) is 1.40. The summed E-state index contributed by atoms with van der Waals surface area (Å²) < 4.78 is 1.63. The molecule has 5 aromatic rings. The van der Waals surface area contributed by atoms with Crippen LogP contribution in [-0.2, 0) is 6.54 Å². The third kappa shape index (κ3) is 3.13. The fourth-order valence-corrected chi connectivity index (χ4v) is 4.51. The van der Waals surface area contributed by atoms with Gasteiger partial charge in [0.25, 0.3) is 0 Å². The normalized spacial score (nSPS) is 11.4. The molecule has 0 saturated heterocycles. The third-order valence-corrected chi connectivity index (χ3v) is 6.21. The number of nitrogens with zero attached hydrogens (tertiary/aromatic N) is 5. The van der Waals surface area contributed by atoms with E-state index in [1.807, 2.05) is 18.2 Å². The molecule has 0 radical (unpaired) electrons. The monoisotopic (exact) mass is 417 g/mol. The number of hydrogen-bond acceptors (Lipinski definition) is 7. The van der Waals surface area contributed by atoms with Crippen molar-refractivity contribution < 1.29 is 0 Å². The molecule has 0 atom stereocenters. The minimum Gasteiger partial charge on any atom is -0.368 e. The van der Waals surface area contributed by atoms with E-state index in [9.17, 15) is 4.79 Å². The van der Waals surface area contributed by atoms with Crippen LogP contribution in [0.15, 0.2) is 47.7 Å². The van der Waals surface area contributed by atoms with Gasteiger partial charge in [-0.25, -0.2) is 19.7 Å². The van der Waals surface area contributed by atoms with E-state index in [4.69, 9.17) is 9.97 Å². The molecule has 0 spiro atoms. The second kappa shape index (κ2) is 7.34. The fourth-order valence-electron chi connectivity index (χ4n) is 3.48. The quantitative estimate of drug-likeness (QED) is 0.454. The Hall–Kier alpha value is -3.59. The zero-order valence-corrected chi connectivity index (χ0v) is 17.3. The first kappa shape index (κ1) is 18.4. The molecule has 0 amide bonds. The van der Waals surface area contributed by atoms with Gasteiger partial charge in [-0.2, -0.15) is 0 Å². The molecule has 0 aromatic carbocycles. The SMILES string of the molecule is Cc1sc2nc(-c3cccnc3)nc(NCCn3c(=O)[nH]c4cccnc43)c2c1C. The van der Waals surface area contributed by atoms with E-state index in [-0.39, 0.29) is 5.69 Å². The summed E-state index contributed by atoms with van der Waals surface area (Å²) in [5.41, 5.74) is 3.24. The first-order chi connectivity index (χ1) is 14.6. The van der Waals surface area contributed by atoms with E-state index >= 15 is 0 Å². The zero-order valence-electron chi connectivity index (χ0n) is 16.5. The number of aromatic nitrogens is 6. The van der Waals surface area contributed by atoms with Crippen LogP contribution in [0.25, 0.3) is 32.8 Å². The lowest BCUT2D eigenvalue weighted by atomic mass is 10.2. The molecule has 0 fully saturated rings. The second-order valence-electron chi connectivity index (χ2n) is 6.98. The Kier molecular flexibility index (Phi) is 4.51. The van der Waals surface area contributed by atoms with Gasteiger partial charge in [-0.3, -0.25) is 9.55 Å². The van der Waals surface area contributed by atoms with Crippen molar-refractivity contribution >= 4 is 38.5 Å². The van der Waals surface area contributed by atoms with Gasteiger partial charge in [-0.1, -0.05) is 0 Å². The van der Waals surface area contributed by atoms with Crippen molar-refractivity contribution in [3.63, 3.8) is 0 Å². The highest BCUT2D eigenvalue weighted by atomic mass is 32.1. The predicted molar refractivity (Wildman–Crippen MR) is 119 cm³/mol. The molecule has 8 nitrogen and oxygen atoms in total. The minimum atomic E-state index is -0.169. The number of rotatable bonds is 5. The maximum absolute atomic E-state index is 12.3. The van der Waals surface area contributed by atoms with E-state index in [0.717, 1.165) is 27.1 Å². The van der Waals surface area contributed by atoms with Crippen LogP contribution in [0, 0.1) is 13.8 Å². The van der Waals surface area contributed by atoms with Crippen LogP contribution < -0.4 is 11.0 Å². The van der Waals surface area contributed by atoms with E-state index < -0.39 is 0 Å². The average molecular weight is 417 g/mol. The van der Waals surface area contributed by atoms with Crippen molar-refractivity contribution in [3.8, 4) is 11.4 Å². The van der Waals surface area contributed by atoms with Crippen molar-refractivity contribution in [2.75, 3.05) is 11.9 Å². The van der Waals surface area contributed by atoms with Gasteiger partial charge >= 0.3 is 5.69 Å². The van der Waals surface area contributed by atoms with E-state index in [1.165, 1.54) is 10.4 Å². The van der Waals surface area contributed by atoms with Crippen molar-refractivity contribution in [2.45, 2.75) is 20.4 Å². The van der Waals surface area contributed by atoms with Gasteiger partial charge in [-0.05, 0) is 43.7 Å². The lowest BCUT2D eigenvalue weighted by Gasteiger charge is -2.10. The van der Waals surface area contributed by atoms with Gasteiger partial charge in [0.05, 0.1) is 10.9 Å². The maximum atomic E-state index is 12.3.